The summed E-state index contributed by atoms with van der Waals surface area (Å²) in [7, 11) is 1.79. The molecule has 5 rings (SSSR count). The Morgan fingerprint density at radius 3 is 2.71 bits per heavy atom. The predicted molar refractivity (Wildman–Crippen MR) is 113 cm³/mol. The van der Waals surface area contributed by atoms with Gasteiger partial charge in [0, 0.05) is 25.2 Å². The minimum Gasteiger partial charge on any atom is -0.490 e. The second kappa shape index (κ2) is 8.22. The summed E-state index contributed by atoms with van der Waals surface area (Å²) in [5.41, 5.74) is 1.86. The van der Waals surface area contributed by atoms with Crippen LogP contribution in [0.5, 0.6) is 23.0 Å². The molecule has 31 heavy (non-hydrogen) atoms. The predicted octanol–water partition coefficient (Wildman–Crippen LogP) is 2.82. The van der Waals surface area contributed by atoms with Gasteiger partial charge in [0.25, 0.3) is 5.91 Å². The number of hydrogen-bond donors (Lipinski definition) is 1. The molecular weight excluding hydrogens is 398 g/mol. The van der Waals surface area contributed by atoms with Gasteiger partial charge in [-0.15, -0.1) is 0 Å². The number of aryl methyl sites for hydroxylation is 1. The zero-order chi connectivity index (χ0) is 21.2. The van der Waals surface area contributed by atoms with Crippen molar-refractivity contribution >= 4 is 5.91 Å². The second-order valence-electron chi connectivity index (χ2n) is 7.48. The molecule has 0 saturated carbocycles. The van der Waals surface area contributed by atoms with Crippen LogP contribution < -0.4 is 24.3 Å². The first kappa shape index (κ1) is 19.3. The van der Waals surface area contributed by atoms with E-state index >= 15 is 0 Å². The molecule has 3 aromatic rings. The van der Waals surface area contributed by atoms with Gasteiger partial charge in [-0.05, 0) is 30.3 Å². The highest BCUT2D eigenvalue weighted by molar-refractivity contribution is 6.00. The maximum atomic E-state index is 13.0. The molecule has 2 aliphatic heterocycles. The SMILES string of the molecule is Cn1cc(C(=O)NCC2COc3ccccc3O2)c(-c2ccc3c(c2)OCCCO3)n1. The lowest BCUT2D eigenvalue weighted by Crippen LogP contribution is -2.40. The van der Waals surface area contributed by atoms with E-state index in [1.165, 1.54) is 0 Å². The van der Waals surface area contributed by atoms with Gasteiger partial charge in [-0.25, -0.2) is 0 Å². The Morgan fingerprint density at radius 1 is 1.06 bits per heavy atom. The molecule has 0 radical (unpaired) electrons. The van der Waals surface area contributed by atoms with E-state index in [4.69, 9.17) is 18.9 Å². The number of ether oxygens (including phenoxy) is 4. The van der Waals surface area contributed by atoms with E-state index in [-0.39, 0.29) is 12.0 Å². The highest BCUT2D eigenvalue weighted by atomic mass is 16.6. The molecule has 1 atom stereocenters. The summed E-state index contributed by atoms with van der Waals surface area (Å²) in [6, 6.07) is 13.1. The van der Waals surface area contributed by atoms with Gasteiger partial charge in [0.1, 0.15) is 18.4 Å². The third-order valence-corrected chi connectivity index (χ3v) is 5.15. The maximum absolute atomic E-state index is 13.0. The number of benzene rings is 2. The van der Waals surface area contributed by atoms with Crippen LogP contribution in [0.15, 0.2) is 48.7 Å². The van der Waals surface area contributed by atoms with Crippen LogP contribution in [0.4, 0.5) is 0 Å². The first-order valence-corrected chi connectivity index (χ1v) is 10.3. The number of carbonyl (C=O) groups excluding carboxylic acids is 1. The Kier molecular flexibility index (Phi) is 5.11. The number of rotatable bonds is 4. The number of amides is 1. The molecule has 0 saturated heterocycles. The zero-order valence-electron chi connectivity index (χ0n) is 17.2. The van der Waals surface area contributed by atoms with Crippen molar-refractivity contribution < 1.29 is 23.7 Å². The Bertz CT molecular complexity index is 1110. The lowest BCUT2D eigenvalue weighted by atomic mass is 10.1. The van der Waals surface area contributed by atoms with E-state index in [0.29, 0.717) is 60.6 Å². The molecule has 0 fully saturated rings. The van der Waals surface area contributed by atoms with Gasteiger partial charge in [0.15, 0.2) is 23.0 Å². The van der Waals surface area contributed by atoms with E-state index in [0.717, 1.165) is 12.0 Å². The molecule has 8 nitrogen and oxygen atoms in total. The van der Waals surface area contributed by atoms with Crippen LogP contribution in [0.3, 0.4) is 0 Å². The fraction of sp³-hybridized carbons (Fsp3) is 0.304. The van der Waals surface area contributed by atoms with E-state index < -0.39 is 0 Å². The van der Waals surface area contributed by atoms with Crippen molar-refractivity contribution in [3.8, 4) is 34.3 Å². The van der Waals surface area contributed by atoms with Crippen molar-refractivity contribution in [3.05, 3.63) is 54.2 Å². The molecule has 0 spiro atoms. The molecule has 1 N–H and O–H groups in total. The van der Waals surface area contributed by atoms with Gasteiger partial charge in [-0.3, -0.25) is 9.48 Å². The molecule has 2 aromatic carbocycles. The largest absolute Gasteiger partial charge is 0.490 e. The van der Waals surface area contributed by atoms with Crippen LogP contribution in [-0.2, 0) is 7.05 Å². The summed E-state index contributed by atoms with van der Waals surface area (Å²) >= 11 is 0. The Hall–Kier alpha value is -3.68. The standard InChI is InChI=1S/C23H23N3O5/c1-26-13-17(22(25-26)15-7-8-19-21(11-15)29-10-4-9-28-19)23(27)24-12-16-14-30-18-5-2-3-6-20(18)31-16/h2-3,5-8,11,13,16H,4,9-10,12,14H2,1H3,(H,24,27). The third-order valence-electron chi connectivity index (χ3n) is 5.15. The summed E-state index contributed by atoms with van der Waals surface area (Å²) < 4.78 is 24.7. The minimum atomic E-state index is -0.267. The smallest absolute Gasteiger partial charge is 0.255 e. The Balaban J connectivity index is 1.31. The monoisotopic (exact) mass is 421 g/mol. The van der Waals surface area contributed by atoms with Crippen LogP contribution in [-0.4, -0.2) is 48.2 Å². The molecule has 3 heterocycles. The van der Waals surface area contributed by atoms with E-state index in [1.807, 2.05) is 42.5 Å². The van der Waals surface area contributed by atoms with Crippen molar-refractivity contribution in [1.29, 1.82) is 0 Å². The van der Waals surface area contributed by atoms with Crippen LogP contribution >= 0.6 is 0 Å². The molecule has 1 unspecified atom stereocenters. The summed E-state index contributed by atoms with van der Waals surface area (Å²) in [5, 5.41) is 7.44. The molecule has 0 bridgehead atoms. The lowest BCUT2D eigenvalue weighted by molar-refractivity contribution is 0.0789. The summed E-state index contributed by atoms with van der Waals surface area (Å²) in [4.78, 5) is 13.0. The summed E-state index contributed by atoms with van der Waals surface area (Å²) in [6.07, 6.45) is 2.27. The van der Waals surface area contributed by atoms with Gasteiger partial charge in [0.2, 0.25) is 0 Å². The average molecular weight is 421 g/mol. The number of fused-ring (bicyclic) bond motifs is 2. The maximum Gasteiger partial charge on any atom is 0.255 e. The normalized spacial score (nSPS) is 17.0. The van der Waals surface area contributed by atoms with Crippen LogP contribution in [0.25, 0.3) is 11.3 Å². The van der Waals surface area contributed by atoms with Gasteiger partial charge < -0.3 is 24.3 Å². The minimum absolute atomic E-state index is 0.224. The van der Waals surface area contributed by atoms with Crippen molar-refractivity contribution in [2.75, 3.05) is 26.4 Å². The van der Waals surface area contributed by atoms with Crippen LogP contribution in [0.1, 0.15) is 16.8 Å². The third kappa shape index (κ3) is 4.01. The second-order valence-corrected chi connectivity index (χ2v) is 7.48. The Morgan fingerprint density at radius 2 is 1.84 bits per heavy atom. The quantitative estimate of drug-likeness (QED) is 0.698. The summed E-state index contributed by atoms with van der Waals surface area (Å²) in [5.74, 6) is 2.55. The molecule has 1 aromatic heterocycles. The number of nitrogens with zero attached hydrogens (tertiary/aromatic N) is 2. The molecule has 0 aliphatic carbocycles. The van der Waals surface area contributed by atoms with E-state index in [2.05, 4.69) is 10.4 Å². The van der Waals surface area contributed by atoms with Gasteiger partial charge in [-0.1, -0.05) is 12.1 Å². The van der Waals surface area contributed by atoms with Crippen molar-refractivity contribution in [2.24, 2.45) is 7.05 Å². The average Bonchev–Trinajstić information content (AvgIpc) is 3.03. The number of hydrogen-bond acceptors (Lipinski definition) is 6. The highest BCUT2D eigenvalue weighted by Crippen LogP contribution is 2.35. The van der Waals surface area contributed by atoms with Crippen molar-refractivity contribution in [3.63, 3.8) is 0 Å². The first-order chi connectivity index (χ1) is 15.2. The molecular formula is C23H23N3O5. The van der Waals surface area contributed by atoms with Crippen molar-refractivity contribution in [1.82, 2.24) is 15.1 Å². The fourth-order valence-corrected chi connectivity index (χ4v) is 3.64. The summed E-state index contributed by atoms with van der Waals surface area (Å²) in [6.45, 7) is 1.92. The van der Waals surface area contributed by atoms with E-state index in [9.17, 15) is 4.79 Å². The lowest BCUT2D eigenvalue weighted by Gasteiger charge is -2.26. The van der Waals surface area contributed by atoms with Crippen LogP contribution in [0.2, 0.25) is 0 Å². The molecule has 8 heteroatoms. The van der Waals surface area contributed by atoms with Gasteiger partial charge in [0.05, 0.1) is 25.3 Å². The topological polar surface area (TPSA) is 83.8 Å². The molecule has 2 aliphatic rings. The fourth-order valence-electron chi connectivity index (χ4n) is 3.64. The highest BCUT2D eigenvalue weighted by Gasteiger charge is 2.24. The van der Waals surface area contributed by atoms with Gasteiger partial charge >= 0.3 is 0 Å². The molecule has 1 amide bonds. The number of carbonyl (C=O) groups is 1. The first-order valence-electron chi connectivity index (χ1n) is 10.3. The Labute approximate surface area is 179 Å². The number of nitrogens with one attached hydrogen (secondary N) is 1. The van der Waals surface area contributed by atoms with Gasteiger partial charge in [-0.2, -0.15) is 5.10 Å². The van der Waals surface area contributed by atoms with Crippen molar-refractivity contribution in [2.45, 2.75) is 12.5 Å². The zero-order valence-corrected chi connectivity index (χ0v) is 17.2. The molecule has 160 valence electrons. The number of aromatic nitrogens is 2. The van der Waals surface area contributed by atoms with E-state index in [1.54, 1.807) is 17.9 Å². The van der Waals surface area contributed by atoms with Crippen LogP contribution in [0, 0.1) is 0 Å². The number of para-hydroxylation sites is 2.